The van der Waals surface area contributed by atoms with Crippen LogP contribution in [0.15, 0.2) is 11.6 Å². The summed E-state index contributed by atoms with van der Waals surface area (Å²) in [6, 6.07) is 0. The van der Waals surface area contributed by atoms with Gasteiger partial charge in [0.1, 0.15) is 23.0 Å². The third kappa shape index (κ3) is 10.7. The van der Waals surface area contributed by atoms with Crippen LogP contribution in [-0.2, 0) is 3.07 Å². The fourth-order valence-corrected chi connectivity index (χ4v) is 1.98. The molecular formula is C13H25IO. The Bertz CT molecular complexity index is 155. The van der Waals surface area contributed by atoms with E-state index in [0.717, 1.165) is 6.61 Å². The molecule has 0 heterocycles. The van der Waals surface area contributed by atoms with Gasteiger partial charge in [-0.1, -0.05) is 45.6 Å². The summed E-state index contributed by atoms with van der Waals surface area (Å²) in [7, 11) is 0. The third-order valence-corrected chi connectivity index (χ3v) is 2.89. The van der Waals surface area contributed by atoms with Crippen molar-refractivity contribution in [2.24, 2.45) is 0 Å². The molecule has 0 bridgehead atoms. The van der Waals surface area contributed by atoms with Crippen LogP contribution in [-0.4, -0.2) is 6.61 Å². The van der Waals surface area contributed by atoms with Gasteiger partial charge >= 0.3 is 0 Å². The van der Waals surface area contributed by atoms with Crippen molar-refractivity contribution in [2.45, 2.75) is 65.2 Å². The number of unbranched alkanes of at least 4 members (excludes halogenated alkanes) is 5. The van der Waals surface area contributed by atoms with Gasteiger partial charge in [-0.25, -0.2) is 0 Å². The van der Waals surface area contributed by atoms with Gasteiger partial charge < -0.3 is 3.07 Å². The van der Waals surface area contributed by atoms with Gasteiger partial charge in [-0.05, 0) is 31.3 Å². The van der Waals surface area contributed by atoms with Crippen LogP contribution < -0.4 is 0 Å². The molecule has 0 atom stereocenters. The SMILES string of the molecule is CCCCCC/C=C(\CCCC)COI. The van der Waals surface area contributed by atoms with E-state index in [1.54, 1.807) is 0 Å². The van der Waals surface area contributed by atoms with Gasteiger partial charge in [0.15, 0.2) is 0 Å². The Balaban J connectivity index is 3.63. The molecule has 0 saturated carbocycles. The predicted octanol–water partition coefficient (Wildman–Crippen LogP) is 5.44. The van der Waals surface area contributed by atoms with Crippen LogP contribution in [0, 0.1) is 0 Å². The monoisotopic (exact) mass is 324 g/mol. The molecule has 2 heteroatoms. The molecule has 0 fully saturated rings. The summed E-state index contributed by atoms with van der Waals surface area (Å²) in [5, 5.41) is 0. The van der Waals surface area contributed by atoms with Gasteiger partial charge in [-0.3, -0.25) is 0 Å². The molecule has 0 N–H and O–H groups in total. The van der Waals surface area contributed by atoms with Crippen molar-refractivity contribution in [3.8, 4) is 0 Å². The predicted molar refractivity (Wildman–Crippen MR) is 76.3 cm³/mol. The zero-order valence-electron chi connectivity index (χ0n) is 10.2. The van der Waals surface area contributed by atoms with Crippen molar-refractivity contribution >= 4 is 23.0 Å². The van der Waals surface area contributed by atoms with Crippen LogP contribution in [0.2, 0.25) is 0 Å². The average molecular weight is 324 g/mol. The molecule has 90 valence electrons. The second-order valence-corrected chi connectivity index (χ2v) is 4.69. The van der Waals surface area contributed by atoms with E-state index < -0.39 is 0 Å². The minimum absolute atomic E-state index is 0.814. The number of allylic oxidation sites excluding steroid dienone is 1. The maximum Gasteiger partial charge on any atom is 0.110 e. The van der Waals surface area contributed by atoms with Crippen molar-refractivity contribution in [1.82, 2.24) is 0 Å². The molecule has 1 nitrogen and oxygen atoms in total. The van der Waals surface area contributed by atoms with E-state index in [1.807, 2.05) is 23.0 Å². The fraction of sp³-hybridized carbons (Fsp3) is 0.846. The minimum atomic E-state index is 0.814. The molecule has 0 aliphatic carbocycles. The lowest BCUT2D eigenvalue weighted by atomic mass is 10.1. The van der Waals surface area contributed by atoms with Crippen LogP contribution in [0.25, 0.3) is 0 Å². The molecule has 0 amide bonds. The molecule has 0 aliphatic rings. The van der Waals surface area contributed by atoms with Crippen molar-refractivity contribution in [1.29, 1.82) is 0 Å². The molecule has 0 rings (SSSR count). The smallest absolute Gasteiger partial charge is 0.110 e. The molecule has 0 spiro atoms. The lowest BCUT2D eigenvalue weighted by Gasteiger charge is -2.04. The summed E-state index contributed by atoms with van der Waals surface area (Å²) >= 11 is 1.99. The van der Waals surface area contributed by atoms with Gasteiger partial charge in [-0.2, -0.15) is 0 Å². The Hall–Kier alpha value is 0.430. The summed E-state index contributed by atoms with van der Waals surface area (Å²) in [4.78, 5) is 0. The number of hydrogen-bond acceptors (Lipinski definition) is 1. The van der Waals surface area contributed by atoms with E-state index in [-0.39, 0.29) is 0 Å². The van der Waals surface area contributed by atoms with Crippen molar-refractivity contribution in [3.63, 3.8) is 0 Å². The maximum atomic E-state index is 5.18. The highest BCUT2D eigenvalue weighted by Crippen LogP contribution is 2.12. The maximum absolute atomic E-state index is 5.18. The largest absolute Gasteiger partial charge is 0.311 e. The topological polar surface area (TPSA) is 9.23 Å². The Morgan fingerprint density at radius 1 is 1.07 bits per heavy atom. The van der Waals surface area contributed by atoms with Gasteiger partial charge in [0, 0.05) is 0 Å². The molecule has 15 heavy (non-hydrogen) atoms. The lowest BCUT2D eigenvalue weighted by molar-refractivity contribution is 0.460. The summed E-state index contributed by atoms with van der Waals surface area (Å²) in [5.41, 5.74) is 1.49. The Kier molecular flexibility index (Phi) is 12.9. The van der Waals surface area contributed by atoms with Gasteiger partial charge in [0.2, 0.25) is 0 Å². The molecule has 0 aromatic heterocycles. The van der Waals surface area contributed by atoms with E-state index in [1.165, 1.54) is 56.9 Å². The minimum Gasteiger partial charge on any atom is -0.311 e. The number of hydrogen-bond donors (Lipinski definition) is 0. The Morgan fingerprint density at radius 3 is 2.40 bits per heavy atom. The van der Waals surface area contributed by atoms with E-state index in [9.17, 15) is 0 Å². The van der Waals surface area contributed by atoms with E-state index in [4.69, 9.17) is 3.07 Å². The van der Waals surface area contributed by atoms with Crippen molar-refractivity contribution in [3.05, 3.63) is 11.6 Å². The normalized spacial score (nSPS) is 12.1. The summed E-state index contributed by atoms with van der Waals surface area (Å²) in [5.74, 6) is 0. The second kappa shape index (κ2) is 12.5. The second-order valence-electron chi connectivity index (χ2n) is 4.07. The highest BCUT2D eigenvalue weighted by Gasteiger charge is 1.96. The fourth-order valence-electron chi connectivity index (χ4n) is 1.58. The lowest BCUT2D eigenvalue weighted by Crippen LogP contribution is -1.92. The summed E-state index contributed by atoms with van der Waals surface area (Å²) in [6.45, 7) is 5.31. The van der Waals surface area contributed by atoms with E-state index in [0.29, 0.717) is 0 Å². The highest BCUT2D eigenvalue weighted by atomic mass is 127. The van der Waals surface area contributed by atoms with E-state index >= 15 is 0 Å². The zero-order valence-corrected chi connectivity index (χ0v) is 12.4. The Morgan fingerprint density at radius 2 is 1.80 bits per heavy atom. The third-order valence-electron chi connectivity index (χ3n) is 2.58. The van der Waals surface area contributed by atoms with Crippen molar-refractivity contribution in [2.75, 3.05) is 6.61 Å². The van der Waals surface area contributed by atoms with Gasteiger partial charge in [-0.15, -0.1) is 0 Å². The molecule has 0 unspecified atom stereocenters. The molecule has 0 saturated heterocycles. The summed E-state index contributed by atoms with van der Waals surface area (Å²) < 4.78 is 5.18. The first-order valence-electron chi connectivity index (χ1n) is 6.26. The molecule has 0 aliphatic heterocycles. The first-order chi connectivity index (χ1) is 7.35. The van der Waals surface area contributed by atoms with Crippen LogP contribution in [0.1, 0.15) is 65.2 Å². The first-order valence-corrected chi connectivity index (χ1v) is 7.14. The zero-order chi connectivity index (χ0) is 11.4. The molecule has 0 aromatic carbocycles. The highest BCUT2D eigenvalue weighted by molar-refractivity contribution is 14.1. The van der Waals surface area contributed by atoms with Crippen LogP contribution in [0.5, 0.6) is 0 Å². The Labute approximate surface area is 109 Å². The number of rotatable bonds is 10. The number of halogens is 1. The average Bonchev–Trinajstić information content (AvgIpc) is 2.25. The molecular weight excluding hydrogens is 299 g/mol. The molecule has 0 radical (unpaired) electrons. The van der Waals surface area contributed by atoms with Gasteiger partial charge in [0.05, 0.1) is 6.61 Å². The van der Waals surface area contributed by atoms with Crippen LogP contribution >= 0.6 is 23.0 Å². The first kappa shape index (κ1) is 15.4. The summed E-state index contributed by atoms with van der Waals surface area (Å²) in [6.07, 6.45) is 12.8. The van der Waals surface area contributed by atoms with Crippen LogP contribution in [0.3, 0.4) is 0 Å². The standard InChI is InChI=1S/C13H25IO/c1-3-5-7-8-9-11-13(12-15-14)10-6-4-2/h11H,3-10,12H2,1-2H3/b13-11+. The van der Waals surface area contributed by atoms with E-state index in [2.05, 4.69) is 19.9 Å². The quantitative estimate of drug-likeness (QED) is 0.295. The van der Waals surface area contributed by atoms with Crippen molar-refractivity contribution < 1.29 is 3.07 Å². The van der Waals surface area contributed by atoms with Gasteiger partial charge in [0.25, 0.3) is 0 Å². The van der Waals surface area contributed by atoms with Crippen LogP contribution in [0.4, 0.5) is 0 Å². The molecule has 0 aromatic rings.